The van der Waals surface area contributed by atoms with Crippen LogP contribution in [0.4, 0.5) is 0 Å². The molecule has 0 saturated carbocycles. The summed E-state index contributed by atoms with van der Waals surface area (Å²) in [5.41, 5.74) is 0.377. The maximum absolute atomic E-state index is 10.9. The van der Waals surface area contributed by atoms with Crippen molar-refractivity contribution in [3.05, 3.63) is 23.9 Å². The predicted octanol–water partition coefficient (Wildman–Crippen LogP) is 1.17. The highest BCUT2D eigenvalue weighted by Gasteiger charge is 2.24. The predicted molar refractivity (Wildman–Crippen MR) is 61.8 cm³/mol. The fourth-order valence-corrected chi connectivity index (χ4v) is 2.34. The molecule has 0 aromatic heterocycles. The molecule has 2 heterocycles. The first-order valence-electron chi connectivity index (χ1n) is 5.78. The fourth-order valence-electron chi connectivity index (χ4n) is 2.34. The molecule has 4 nitrogen and oxygen atoms in total. The molecule has 2 aliphatic rings. The molecule has 2 aliphatic heterocycles. The average Bonchev–Trinajstić information content (AvgIpc) is 2.29. The van der Waals surface area contributed by atoms with E-state index in [1.807, 2.05) is 0 Å². The lowest BCUT2D eigenvalue weighted by molar-refractivity contribution is -0.132. The number of hydrogen-bond acceptors (Lipinski definition) is 3. The zero-order chi connectivity index (χ0) is 11.5. The fraction of sp³-hybridized carbons (Fsp3) is 0.583. The zero-order valence-corrected chi connectivity index (χ0v) is 9.52. The van der Waals surface area contributed by atoms with Gasteiger partial charge >= 0.3 is 5.97 Å². The van der Waals surface area contributed by atoms with Gasteiger partial charge in [0.1, 0.15) is 0 Å². The lowest BCUT2D eigenvalue weighted by Gasteiger charge is -2.37. The first-order valence-corrected chi connectivity index (χ1v) is 5.78. The molecular weight excluding hydrogens is 204 g/mol. The van der Waals surface area contributed by atoms with Gasteiger partial charge in [0.05, 0.1) is 11.7 Å². The normalized spacial score (nSPS) is 30.7. The Kier molecular flexibility index (Phi) is 3.29. The molecular formula is C12H18N2O2. The van der Waals surface area contributed by atoms with Crippen LogP contribution in [0.15, 0.2) is 23.9 Å². The third-order valence-electron chi connectivity index (χ3n) is 3.20. The van der Waals surface area contributed by atoms with E-state index in [1.165, 1.54) is 12.8 Å². The molecule has 0 aliphatic carbocycles. The van der Waals surface area contributed by atoms with Crippen LogP contribution in [0.5, 0.6) is 0 Å². The standard InChI is InChI=1S/C12H18N2O2/c1-9-3-2-6-14(8-9)11-7-10(12(15)16)4-5-13-11/h4-5,7,9,11,13H,2-3,6,8H2,1H3,(H,15,16)/t9-,11?/m1/s1. The molecule has 4 heteroatoms. The summed E-state index contributed by atoms with van der Waals surface area (Å²) in [6.45, 7) is 4.32. The van der Waals surface area contributed by atoms with Crippen LogP contribution in [0.25, 0.3) is 0 Å². The number of aliphatic carboxylic acids is 1. The van der Waals surface area contributed by atoms with Crippen molar-refractivity contribution in [3.8, 4) is 0 Å². The molecule has 2 N–H and O–H groups in total. The van der Waals surface area contributed by atoms with Crippen LogP contribution in [0.1, 0.15) is 19.8 Å². The van der Waals surface area contributed by atoms with Gasteiger partial charge < -0.3 is 10.4 Å². The highest BCUT2D eigenvalue weighted by molar-refractivity contribution is 5.90. The summed E-state index contributed by atoms with van der Waals surface area (Å²) < 4.78 is 0. The Bertz CT molecular complexity index is 336. The quantitative estimate of drug-likeness (QED) is 0.736. The van der Waals surface area contributed by atoms with E-state index >= 15 is 0 Å². The average molecular weight is 222 g/mol. The van der Waals surface area contributed by atoms with Gasteiger partial charge in [-0.2, -0.15) is 0 Å². The Morgan fingerprint density at radius 3 is 3.12 bits per heavy atom. The number of carboxylic acid groups (broad SMARTS) is 1. The summed E-state index contributed by atoms with van der Waals surface area (Å²) in [6, 6.07) is 0. The maximum atomic E-state index is 10.9. The third-order valence-corrected chi connectivity index (χ3v) is 3.20. The van der Waals surface area contributed by atoms with E-state index in [0.717, 1.165) is 13.1 Å². The van der Waals surface area contributed by atoms with Crippen molar-refractivity contribution in [3.63, 3.8) is 0 Å². The Balaban J connectivity index is 2.04. The number of nitrogens with zero attached hydrogens (tertiary/aromatic N) is 1. The van der Waals surface area contributed by atoms with Crippen LogP contribution in [0.2, 0.25) is 0 Å². The molecule has 1 fully saturated rings. The van der Waals surface area contributed by atoms with Crippen molar-refractivity contribution < 1.29 is 9.90 Å². The van der Waals surface area contributed by atoms with Crippen molar-refractivity contribution in [2.24, 2.45) is 5.92 Å². The highest BCUT2D eigenvalue weighted by Crippen LogP contribution is 2.19. The topological polar surface area (TPSA) is 52.6 Å². The Labute approximate surface area is 95.6 Å². The smallest absolute Gasteiger partial charge is 0.335 e. The lowest BCUT2D eigenvalue weighted by atomic mass is 9.99. The van der Waals surface area contributed by atoms with E-state index in [0.29, 0.717) is 11.5 Å². The van der Waals surface area contributed by atoms with E-state index in [9.17, 15) is 4.79 Å². The lowest BCUT2D eigenvalue weighted by Crippen LogP contribution is -2.48. The van der Waals surface area contributed by atoms with E-state index in [2.05, 4.69) is 17.1 Å². The molecule has 88 valence electrons. The van der Waals surface area contributed by atoms with Crippen molar-refractivity contribution in [2.75, 3.05) is 13.1 Å². The summed E-state index contributed by atoms with van der Waals surface area (Å²) in [6.07, 6.45) is 7.63. The van der Waals surface area contributed by atoms with Crippen LogP contribution in [-0.4, -0.2) is 35.2 Å². The van der Waals surface area contributed by atoms with E-state index < -0.39 is 5.97 Å². The van der Waals surface area contributed by atoms with E-state index in [-0.39, 0.29) is 6.17 Å². The van der Waals surface area contributed by atoms with Crippen LogP contribution in [-0.2, 0) is 4.79 Å². The monoisotopic (exact) mass is 222 g/mol. The number of rotatable bonds is 2. The summed E-state index contributed by atoms with van der Waals surface area (Å²) in [5, 5.41) is 12.1. The largest absolute Gasteiger partial charge is 0.478 e. The molecule has 0 aromatic carbocycles. The third kappa shape index (κ3) is 2.44. The minimum absolute atomic E-state index is 0.0406. The number of likely N-dealkylation sites (tertiary alicyclic amines) is 1. The van der Waals surface area contributed by atoms with Crippen molar-refractivity contribution in [2.45, 2.75) is 25.9 Å². The van der Waals surface area contributed by atoms with Crippen molar-refractivity contribution >= 4 is 5.97 Å². The Morgan fingerprint density at radius 1 is 1.62 bits per heavy atom. The van der Waals surface area contributed by atoms with Gasteiger partial charge in [0.25, 0.3) is 0 Å². The van der Waals surface area contributed by atoms with Gasteiger partial charge in [-0.05, 0) is 37.1 Å². The van der Waals surface area contributed by atoms with Crippen LogP contribution < -0.4 is 5.32 Å². The first kappa shape index (κ1) is 11.2. The van der Waals surface area contributed by atoms with Crippen LogP contribution >= 0.6 is 0 Å². The van der Waals surface area contributed by atoms with Gasteiger partial charge in [-0.3, -0.25) is 4.90 Å². The number of dihydropyridines is 1. The maximum Gasteiger partial charge on any atom is 0.335 e. The number of carbonyl (C=O) groups is 1. The van der Waals surface area contributed by atoms with Gasteiger partial charge in [-0.25, -0.2) is 4.79 Å². The Hall–Kier alpha value is -1.29. The van der Waals surface area contributed by atoms with E-state index in [4.69, 9.17) is 5.11 Å². The molecule has 2 atom stereocenters. The molecule has 0 amide bonds. The van der Waals surface area contributed by atoms with Crippen LogP contribution in [0.3, 0.4) is 0 Å². The molecule has 0 bridgehead atoms. The van der Waals surface area contributed by atoms with Gasteiger partial charge in [-0.15, -0.1) is 0 Å². The summed E-state index contributed by atoms with van der Waals surface area (Å²) in [7, 11) is 0. The molecule has 1 saturated heterocycles. The number of carboxylic acids is 1. The van der Waals surface area contributed by atoms with Gasteiger partial charge in [-0.1, -0.05) is 6.92 Å². The van der Waals surface area contributed by atoms with Gasteiger partial charge in [0.15, 0.2) is 0 Å². The second-order valence-electron chi connectivity index (χ2n) is 4.61. The second-order valence-corrected chi connectivity index (χ2v) is 4.61. The SMILES string of the molecule is C[C@@H]1CCCN(C2C=C(C(=O)O)C=CN2)C1. The molecule has 0 radical (unpaired) electrons. The summed E-state index contributed by atoms with van der Waals surface area (Å²) >= 11 is 0. The summed E-state index contributed by atoms with van der Waals surface area (Å²) in [5.74, 6) is -0.157. The summed E-state index contributed by atoms with van der Waals surface area (Å²) in [4.78, 5) is 13.2. The molecule has 1 unspecified atom stereocenters. The molecule has 2 rings (SSSR count). The number of hydrogen-bond donors (Lipinski definition) is 2. The van der Waals surface area contributed by atoms with Crippen molar-refractivity contribution in [1.82, 2.24) is 10.2 Å². The number of piperidine rings is 1. The van der Waals surface area contributed by atoms with Gasteiger partial charge in [0.2, 0.25) is 0 Å². The number of nitrogens with one attached hydrogen (secondary N) is 1. The first-order chi connectivity index (χ1) is 7.66. The minimum Gasteiger partial charge on any atom is -0.478 e. The zero-order valence-electron chi connectivity index (χ0n) is 9.52. The van der Waals surface area contributed by atoms with Crippen molar-refractivity contribution in [1.29, 1.82) is 0 Å². The van der Waals surface area contributed by atoms with Gasteiger partial charge in [0, 0.05) is 13.1 Å². The Morgan fingerprint density at radius 2 is 2.44 bits per heavy atom. The minimum atomic E-state index is -0.854. The molecule has 0 spiro atoms. The molecule has 16 heavy (non-hydrogen) atoms. The highest BCUT2D eigenvalue weighted by atomic mass is 16.4. The molecule has 0 aromatic rings. The van der Waals surface area contributed by atoms with Crippen LogP contribution in [0, 0.1) is 5.92 Å². The van der Waals surface area contributed by atoms with E-state index in [1.54, 1.807) is 18.4 Å². The second kappa shape index (κ2) is 4.70.